The lowest BCUT2D eigenvalue weighted by atomic mass is 9.68. The molecule has 1 aliphatic carbocycles. The maximum atomic E-state index is 11.1. The van der Waals surface area contributed by atoms with E-state index in [4.69, 9.17) is 28.0 Å². The molecule has 0 unspecified atom stereocenters. The van der Waals surface area contributed by atoms with Crippen LogP contribution < -0.4 is 4.74 Å². The standard InChI is InChI=1S/C21H30O2/c1-5-6-7-8-15-12-18(22)20-16-11-14(2)9-10-17(16)21(3,4)23-19(20)13-15/h11-13,16-17,22H,5-10H2,1-4H3/t16-,17-/m1/s1/i1D3,2D3,5D2,6D2,7D2,8D2,9D2,11D,16D. The molecule has 126 valence electrons. The first-order valence-corrected chi connectivity index (χ1v) is 7.13. The predicted octanol–water partition coefficient (Wildman–Crippen LogP) is 5.74. The van der Waals surface area contributed by atoms with Crippen molar-refractivity contribution in [1.29, 1.82) is 0 Å². The molecule has 0 saturated carbocycles. The molecule has 0 amide bonds. The van der Waals surface area contributed by atoms with Gasteiger partial charge in [0.2, 0.25) is 0 Å². The molecule has 3 rings (SSSR count). The fourth-order valence-corrected chi connectivity index (χ4v) is 2.92. The van der Waals surface area contributed by atoms with Gasteiger partial charge in [0.25, 0.3) is 0 Å². The van der Waals surface area contributed by atoms with E-state index in [9.17, 15) is 6.48 Å². The third-order valence-corrected chi connectivity index (χ3v) is 3.99. The fraction of sp³-hybridized carbons (Fsp3) is 0.619. The SMILES string of the molecule is [2H]C1=C(C([2H])([2H])[2H])C([2H])([2H])C[C@H]2C(C)(C)Oc3cc(C([2H])([2H])C([2H])([2H])C([2H])([2H])C([2H])([2H])C([2H])([2H])[2H])cc(O)c3[C@]12[2H]. The Hall–Kier alpha value is -1.44. The maximum absolute atomic E-state index is 11.1. The summed E-state index contributed by atoms with van der Waals surface area (Å²) in [5, 5.41) is 11.1. The van der Waals surface area contributed by atoms with E-state index in [1.165, 1.54) is 13.8 Å². The van der Waals surface area contributed by atoms with Crippen LogP contribution in [0, 0.1) is 5.92 Å². The Morgan fingerprint density at radius 2 is 2.39 bits per heavy atom. The zero-order chi connectivity index (χ0) is 32.4. The summed E-state index contributed by atoms with van der Waals surface area (Å²) in [7, 11) is 0. The molecule has 0 radical (unpaired) electrons. The molecule has 2 aliphatic rings. The zero-order valence-corrected chi connectivity index (χ0v) is 12.8. The smallest absolute Gasteiger partial charge is 0.127 e. The van der Waals surface area contributed by atoms with Crippen molar-refractivity contribution in [3.05, 3.63) is 34.9 Å². The number of hydrogen-bond donors (Lipinski definition) is 1. The maximum Gasteiger partial charge on any atom is 0.127 e. The summed E-state index contributed by atoms with van der Waals surface area (Å²) in [5.74, 6) is -5.12. The van der Waals surface area contributed by atoms with E-state index in [1.807, 2.05) is 0 Å². The normalized spacial score (nSPS) is 46.1. The van der Waals surface area contributed by atoms with E-state index in [0.29, 0.717) is 6.07 Å². The van der Waals surface area contributed by atoms with Crippen LogP contribution in [0.15, 0.2) is 23.8 Å². The van der Waals surface area contributed by atoms with Crippen molar-refractivity contribution in [3.8, 4) is 11.5 Å². The second kappa shape index (κ2) is 6.22. The van der Waals surface area contributed by atoms with Gasteiger partial charge in [-0.3, -0.25) is 0 Å². The number of ether oxygens (including phenoxy) is 1. The average Bonchev–Trinajstić information content (AvgIpc) is 2.72. The first-order valence-electron chi connectivity index (χ1n) is 16.1. The highest BCUT2D eigenvalue weighted by molar-refractivity contribution is 5.53. The highest BCUT2D eigenvalue weighted by Crippen LogP contribution is 2.53. The Bertz CT molecular complexity index is 1270. The average molecular weight is 333 g/mol. The van der Waals surface area contributed by atoms with Crippen LogP contribution in [0.4, 0.5) is 0 Å². The lowest BCUT2D eigenvalue weighted by Crippen LogP contribution is -2.45. The summed E-state index contributed by atoms with van der Waals surface area (Å²) < 4.78 is 151. The van der Waals surface area contributed by atoms with Crippen LogP contribution in [0.5, 0.6) is 11.5 Å². The molecule has 1 aromatic carbocycles. The van der Waals surface area contributed by atoms with Gasteiger partial charge in [-0.1, -0.05) is 31.2 Å². The van der Waals surface area contributed by atoms with Crippen molar-refractivity contribution in [3.63, 3.8) is 0 Å². The number of aromatic hydroxyl groups is 1. The number of fused-ring (bicyclic) bond motifs is 3. The Kier molecular flexibility index (Phi) is 1.43. The van der Waals surface area contributed by atoms with Crippen LogP contribution in [0.1, 0.15) is 101 Å². The molecular formula is C21H30O2. The van der Waals surface area contributed by atoms with Crippen molar-refractivity contribution in [2.75, 3.05) is 0 Å². The van der Waals surface area contributed by atoms with Crippen LogP contribution in [0.3, 0.4) is 0 Å². The number of phenolic OH excluding ortho intramolecular Hbond substituents is 1. The van der Waals surface area contributed by atoms with Gasteiger partial charge in [-0.05, 0) is 63.9 Å². The van der Waals surface area contributed by atoms with Crippen LogP contribution in [0.25, 0.3) is 0 Å². The monoisotopic (exact) mass is 332 g/mol. The summed E-state index contributed by atoms with van der Waals surface area (Å²) in [6, 6.07) is 0.436. The molecule has 0 bridgehead atoms. The van der Waals surface area contributed by atoms with Crippen molar-refractivity contribution in [2.24, 2.45) is 5.92 Å². The van der Waals surface area contributed by atoms with Crippen molar-refractivity contribution in [2.45, 2.75) is 77.3 Å². The van der Waals surface area contributed by atoms with E-state index < -0.39 is 104 Å². The van der Waals surface area contributed by atoms with E-state index in [0.717, 1.165) is 6.07 Å². The topological polar surface area (TPSA) is 29.5 Å². The number of allylic oxidation sites excluding steroid dienone is 2. The van der Waals surface area contributed by atoms with Crippen LogP contribution in [-0.4, -0.2) is 10.7 Å². The number of hydrogen-bond acceptors (Lipinski definition) is 2. The zero-order valence-electron chi connectivity index (χ0n) is 30.8. The highest BCUT2D eigenvalue weighted by atomic mass is 16.5. The van der Waals surface area contributed by atoms with Crippen LogP contribution >= 0.6 is 0 Å². The molecule has 2 nitrogen and oxygen atoms in total. The molecule has 1 aromatic rings. The van der Waals surface area contributed by atoms with Crippen molar-refractivity contribution >= 4 is 0 Å². The molecule has 23 heavy (non-hydrogen) atoms. The van der Waals surface area contributed by atoms with Crippen molar-refractivity contribution < 1.29 is 34.5 Å². The molecule has 2 atom stereocenters. The largest absolute Gasteiger partial charge is 0.507 e. The van der Waals surface area contributed by atoms with Gasteiger partial charge < -0.3 is 9.84 Å². The summed E-state index contributed by atoms with van der Waals surface area (Å²) in [4.78, 5) is 0. The molecule has 1 N–H and O–H groups in total. The lowest BCUT2D eigenvalue weighted by Gasteiger charge is -2.46. The first-order chi connectivity index (χ1) is 17.8. The summed E-state index contributed by atoms with van der Waals surface area (Å²) in [6.45, 7) is -4.00. The van der Waals surface area contributed by atoms with Gasteiger partial charge in [0.15, 0.2) is 0 Å². The molecule has 1 heterocycles. The Labute approximate surface area is 165 Å². The molecule has 0 aromatic heterocycles. The Balaban J connectivity index is 2.34. The Morgan fingerprint density at radius 1 is 1.52 bits per heavy atom. The van der Waals surface area contributed by atoms with Crippen molar-refractivity contribution in [1.82, 2.24) is 0 Å². The number of rotatable bonds is 4. The van der Waals surface area contributed by atoms with E-state index >= 15 is 0 Å². The number of aryl methyl sites for hydroxylation is 1. The minimum Gasteiger partial charge on any atom is -0.507 e. The minimum absolute atomic E-state index is 0.493. The van der Waals surface area contributed by atoms with Gasteiger partial charge in [0, 0.05) is 40.7 Å². The summed E-state index contributed by atoms with van der Waals surface area (Å²) in [6.07, 6.45) is -18.4. The molecule has 0 spiro atoms. The molecule has 0 saturated heterocycles. The summed E-state index contributed by atoms with van der Waals surface area (Å²) >= 11 is 0. The van der Waals surface area contributed by atoms with E-state index in [2.05, 4.69) is 0 Å². The van der Waals surface area contributed by atoms with E-state index in [1.54, 1.807) is 0 Å². The second-order valence-electron chi connectivity index (χ2n) is 5.92. The van der Waals surface area contributed by atoms with E-state index in [-0.39, 0.29) is 0 Å². The number of benzene rings is 1. The van der Waals surface area contributed by atoms with Gasteiger partial charge in [-0.25, -0.2) is 0 Å². The predicted molar refractivity (Wildman–Crippen MR) is 95.3 cm³/mol. The van der Waals surface area contributed by atoms with Crippen LogP contribution in [0.2, 0.25) is 0 Å². The van der Waals surface area contributed by atoms with Crippen LogP contribution in [-0.2, 0) is 6.37 Å². The fourth-order valence-electron chi connectivity index (χ4n) is 2.92. The highest BCUT2D eigenvalue weighted by Gasteiger charge is 2.45. The molecule has 0 fully saturated rings. The third kappa shape index (κ3) is 3.13. The molecule has 2 heteroatoms. The summed E-state index contributed by atoms with van der Waals surface area (Å²) in [5.41, 5.74) is -3.81. The Morgan fingerprint density at radius 3 is 3.17 bits per heavy atom. The minimum atomic E-state index is -3.97. The molecule has 1 aliphatic heterocycles. The van der Waals surface area contributed by atoms with Gasteiger partial charge in [-0.15, -0.1) is 0 Å². The second-order valence-corrected chi connectivity index (χ2v) is 5.92. The van der Waals surface area contributed by atoms with Gasteiger partial charge in [-0.2, -0.15) is 0 Å². The number of phenols is 1. The molecular weight excluding hydrogens is 284 g/mol. The third-order valence-electron chi connectivity index (χ3n) is 3.99. The van der Waals surface area contributed by atoms with Gasteiger partial charge in [0.05, 0.1) is 1.37 Å². The van der Waals surface area contributed by atoms with Gasteiger partial charge in [0.1, 0.15) is 17.1 Å². The lowest BCUT2D eigenvalue weighted by molar-refractivity contribution is 0.0107. The van der Waals surface area contributed by atoms with Gasteiger partial charge >= 0.3 is 0 Å². The first kappa shape index (κ1) is 5.28. The quantitative estimate of drug-likeness (QED) is 0.713.